The van der Waals surface area contributed by atoms with Crippen LogP contribution in [0.15, 0.2) is 42.6 Å². The summed E-state index contributed by atoms with van der Waals surface area (Å²) in [5.74, 6) is -0.294. The molecule has 172 valence electrons. The molecule has 0 saturated carbocycles. The van der Waals surface area contributed by atoms with Crippen molar-refractivity contribution in [3.8, 4) is 5.75 Å². The average molecular weight is 443 g/mol. The minimum Gasteiger partial charge on any atom is -0.484 e. The van der Waals surface area contributed by atoms with Gasteiger partial charge in [0.15, 0.2) is 6.61 Å². The smallest absolute Gasteiger partial charge is 0.410 e. The molecule has 1 aliphatic heterocycles. The van der Waals surface area contributed by atoms with Crippen LogP contribution in [-0.4, -0.2) is 52.7 Å². The summed E-state index contributed by atoms with van der Waals surface area (Å²) in [6, 6.07) is 10.4. The van der Waals surface area contributed by atoms with Gasteiger partial charge in [-0.05, 0) is 70.0 Å². The van der Waals surface area contributed by atoms with E-state index in [1.807, 2.05) is 37.6 Å². The molecule has 3 N–H and O–H groups in total. The third kappa shape index (κ3) is 6.26. The van der Waals surface area contributed by atoms with Crippen molar-refractivity contribution in [2.45, 2.75) is 45.3 Å². The number of amides is 3. The summed E-state index contributed by atoms with van der Waals surface area (Å²) in [5, 5.41) is 2.88. The van der Waals surface area contributed by atoms with E-state index in [1.165, 1.54) is 0 Å². The first kappa shape index (κ1) is 23.2. The summed E-state index contributed by atoms with van der Waals surface area (Å²) in [4.78, 5) is 37.7. The number of primary amides is 1. The molecule has 1 fully saturated rings. The van der Waals surface area contributed by atoms with Crippen molar-refractivity contribution in [3.63, 3.8) is 0 Å². The second kappa shape index (κ2) is 9.76. The van der Waals surface area contributed by atoms with Crippen LogP contribution in [0.25, 0.3) is 0 Å². The van der Waals surface area contributed by atoms with Gasteiger partial charge in [-0.3, -0.25) is 9.59 Å². The van der Waals surface area contributed by atoms with Crippen LogP contribution in [0.5, 0.6) is 5.75 Å². The van der Waals surface area contributed by atoms with Crippen LogP contribution in [0, 0.1) is 0 Å². The van der Waals surface area contributed by atoms with Gasteiger partial charge in [-0.25, -0.2) is 4.79 Å². The molecule has 0 radical (unpaired) electrons. The predicted octanol–water partition coefficient (Wildman–Crippen LogP) is 3.18. The van der Waals surface area contributed by atoms with E-state index in [0.717, 1.165) is 12.8 Å². The third-order valence-electron chi connectivity index (χ3n) is 5.01. The summed E-state index contributed by atoms with van der Waals surface area (Å²) in [7, 11) is 0. The number of hydrogen-bond acceptors (Lipinski definition) is 5. The van der Waals surface area contributed by atoms with Gasteiger partial charge in [0.2, 0.25) is 0 Å². The van der Waals surface area contributed by atoms with Crippen LogP contribution in [0.4, 0.5) is 10.5 Å². The zero-order valence-corrected chi connectivity index (χ0v) is 18.7. The second-order valence-corrected chi connectivity index (χ2v) is 8.73. The predicted molar refractivity (Wildman–Crippen MR) is 120 cm³/mol. The minimum absolute atomic E-state index is 0.119. The van der Waals surface area contributed by atoms with Gasteiger partial charge in [0.05, 0.1) is 0 Å². The standard InChI is InChI=1S/C23H30N4O5/c1-23(2,3)32-22(30)26-13-10-17(11-14-26)27-12-4-5-19(27)21(29)25-16-6-8-18(9-7-16)31-15-20(24)28/h4-9,12,17H,10-11,13-15H2,1-3H3,(H2,24,28)(H,25,29). The van der Waals surface area contributed by atoms with Crippen LogP contribution < -0.4 is 15.8 Å². The Morgan fingerprint density at radius 3 is 2.34 bits per heavy atom. The number of nitrogens with zero attached hydrogens (tertiary/aromatic N) is 2. The van der Waals surface area contributed by atoms with E-state index in [0.29, 0.717) is 30.2 Å². The molecule has 0 spiro atoms. The van der Waals surface area contributed by atoms with Gasteiger partial charge in [0.25, 0.3) is 11.8 Å². The third-order valence-corrected chi connectivity index (χ3v) is 5.01. The lowest BCUT2D eigenvalue weighted by atomic mass is 10.0. The first-order valence-electron chi connectivity index (χ1n) is 10.6. The number of nitrogens with one attached hydrogen (secondary N) is 1. The summed E-state index contributed by atoms with van der Waals surface area (Å²) >= 11 is 0. The Hall–Kier alpha value is -3.49. The molecule has 1 aromatic heterocycles. The summed E-state index contributed by atoms with van der Waals surface area (Å²) < 4.78 is 12.6. The van der Waals surface area contributed by atoms with E-state index in [1.54, 1.807) is 35.2 Å². The number of likely N-dealkylation sites (tertiary alicyclic amines) is 1. The maximum atomic E-state index is 12.9. The van der Waals surface area contributed by atoms with Crippen molar-refractivity contribution in [1.29, 1.82) is 0 Å². The minimum atomic E-state index is -0.555. The van der Waals surface area contributed by atoms with Gasteiger partial charge in [-0.15, -0.1) is 0 Å². The van der Waals surface area contributed by atoms with Gasteiger partial charge in [-0.2, -0.15) is 0 Å². The molecular weight excluding hydrogens is 412 g/mol. The lowest BCUT2D eigenvalue weighted by Gasteiger charge is -2.34. The quantitative estimate of drug-likeness (QED) is 0.713. The Morgan fingerprint density at radius 1 is 1.09 bits per heavy atom. The fourth-order valence-electron chi connectivity index (χ4n) is 3.54. The fourth-order valence-corrected chi connectivity index (χ4v) is 3.54. The molecule has 3 amide bonds. The van der Waals surface area contributed by atoms with Crippen LogP contribution in [0.2, 0.25) is 0 Å². The molecule has 0 unspecified atom stereocenters. The van der Waals surface area contributed by atoms with E-state index in [2.05, 4.69) is 5.32 Å². The zero-order valence-electron chi connectivity index (χ0n) is 18.7. The van der Waals surface area contributed by atoms with Gasteiger partial charge < -0.3 is 30.0 Å². The highest BCUT2D eigenvalue weighted by Gasteiger charge is 2.28. The highest BCUT2D eigenvalue weighted by Crippen LogP contribution is 2.26. The van der Waals surface area contributed by atoms with Crippen molar-refractivity contribution >= 4 is 23.6 Å². The molecule has 0 atom stereocenters. The molecule has 1 aromatic carbocycles. The van der Waals surface area contributed by atoms with Crippen molar-refractivity contribution in [1.82, 2.24) is 9.47 Å². The number of rotatable bonds is 6. The molecule has 32 heavy (non-hydrogen) atoms. The molecule has 0 aliphatic carbocycles. The van der Waals surface area contributed by atoms with E-state index in [4.69, 9.17) is 15.2 Å². The summed E-state index contributed by atoms with van der Waals surface area (Å²) in [6.45, 7) is 6.50. The largest absolute Gasteiger partial charge is 0.484 e. The molecule has 0 bridgehead atoms. The van der Waals surface area contributed by atoms with Gasteiger partial charge in [0.1, 0.15) is 17.0 Å². The molecule has 2 heterocycles. The van der Waals surface area contributed by atoms with Gasteiger partial charge >= 0.3 is 6.09 Å². The maximum Gasteiger partial charge on any atom is 0.410 e. The molecular formula is C23H30N4O5. The first-order chi connectivity index (χ1) is 15.1. The first-order valence-corrected chi connectivity index (χ1v) is 10.6. The van der Waals surface area contributed by atoms with Crippen molar-refractivity contribution < 1.29 is 23.9 Å². The van der Waals surface area contributed by atoms with E-state index >= 15 is 0 Å². The second-order valence-electron chi connectivity index (χ2n) is 8.73. The molecule has 2 aromatic rings. The normalized spacial score (nSPS) is 14.7. The number of hydrogen-bond donors (Lipinski definition) is 2. The number of benzene rings is 1. The van der Waals surface area contributed by atoms with E-state index in [9.17, 15) is 14.4 Å². The topological polar surface area (TPSA) is 116 Å². The number of carbonyl (C=O) groups is 3. The SMILES string of the molecule is CC(C)(C)OC(=O)N1CCC(n2cccc2C(=O)Nc2ccc(OCC(N)=O)cc2)CC1. The van der Waals surface area contributed by atoms with Crippen LogP contribution in [0.3, 0.4) is 0 Å². The number of ether oxygens (including phenoxy) is 2. The number of aromatic nitrogens is 1. The Kier molecular flexibility index (Phi) is 7.07. The lowest BCUT2D eigenvalue weighted by molar-refractivity contribution is -0.119. The number of anilines is 1. The highest BCUT2D eigenvalue weighted by atomic mass is 16.6. The Labute approximate surface area is 187 Å². The summed E-state index contributed by atoms with van der Waals surface area (Å²) in [5.41, 5.74) is 5.70. The number of nitrogens with two attached hydrogens (primary N) is 1. The fraction of sp³-hybridized carbons (Fsp3) is 0.435. The Bertz CT molecular complexity index is 954. The van der Waals surface area contributed by atoms with Crippen LogP contribution in [0.1, 0.15) is 50.1 Å². The molecule has 9 heteroatoms. The van der Waals surface area contributed by atoms with Crippen molar-refractivity contribution in [2.75, 3.05) is 25.0 Å². The summed E-state index contributed by atoms with van der Waals surface area (Å²) in [6.07, 6.45) is 3.06. The zero-order chi connectivity index (χ0) is 23.3. The van der Waals surface area contributed by atoms with Crippen molar-refractivity contribution in [2.24, 2.45) is 5.73 Å². The Balaban J connectivity index is 1.58. The van der Waals surface area contributed by atoms with Crippen molar-refractivity contribution in [3.05, 3.63) is 48.3 Å². The van der Waals surface area contributed by atoms with E-state index in [-0.39, 0.29) is 24.6 Å². The monoisotopic (exact) mass is 442 g/mol. The number of piperidine rings is 1. The molecule has 1 aliphatic rings. The maximum absolute atomic E-state index is 12.9. The molecule has 9 nitrogen and oxygen atoms in total. The Morgan fingerprint density at radius 2 is 1.75 bits per heavy atom. The highest BCUT2D eigenvalue weighted by molar-refractivity contribution is 6.03. The molecule has 3 rings (SSSR count). The lowest BCUT2D eigenvalue weighted by Crippen LogP contribution is -2.42. The van der Waals surface area contributed by atoms with Crippen LogP contribution >= 0.6 is 0 Å². The number of carbonyl (C=O) groups excluding carboxylic acids is 3. The van der Waals surface area contributed by atoms with Gasteiger partial charge in [0, 0.05) is 31.0 Å². The molecule has 1 saturated heterocycles. The van der Waals surface area contributed by atoms with E-state index < -0.39 is 11.5 Å². The van der Waals surface area contributed by atoms with Gasteiger partial charge in [-0.1, -0.05) is 0 Å². The van der Waals surface area contributed by atoms with Crippen LogP contribution in [-0.2, 0) is 9.53 Å². The average Bonchev–Trinajstić information content (AvgIpc) is 3.22.